The van der Waals surface area contributed by atoms with E-state index in [1.807, 2.05) is 10.9 Å². The maximum absolute atomic E-state index is 12.4. The van der Waals surface area contributed by atoms with Crippen LogP contribution in [0.2, 0.25) is 0 Å². The first-order valence-electron chi connectivity index (χ1n) is 8.61. The van der Waals surface area contributed by atoms with E-state index >= 15 is 0 Å². The van der Waals surface area contributed by atoms with Crippen LogP contribution >= 0.6 is 11.3 Å². The molecule has 0 aromatic carbocycles. The number of aromatic nitrogens is 4. The molecule has 0 saturated carbocycles. The highest BCUT2D eigenvalue weighted by atomic mass is 32.1. The van der Waals surface area contributed by atoms with Crippen molar-refractivity contribution in [2.24, 2.45) is 5.73 Å². The number of hydrogen-bond donors (Lipinski definition) is 4. The standard InChI is InChI=1S/C17H19N7O2S/c18-15(25)13-6-10(7-20-13)14-9-27-17(21-14)22-16(26)12-3-5-24(23-12)11-2-1-4-19-8-11/h3,5-7,9,11,19-20H,1-2,4,8H2,(H2,18,25)(H,21,22,26). The van der Waals surface area contributed by atoms with E-state index < -0.39 is 5.91 Å². The highest BCUT2D eigenvalue weighted by molar-refractivity contribution is 7.14. The van der Waals surface area contributed by atoms with Crippen LogP contribution in [0.25, 0.3) is 11.3 Å². The van der Waals surface area contributed by atoms with Gasteiger partial charge < -0.3 is 16.0 Å². The Morgan fingerprint density at radius 3 is 3.04 bits per heavy atom. The maximum atomic E-state index is 12.4. The molecule has 3 aromatic rings. The summed E-state index contributed by atoms with van der Waals surface area (Å²) in [5.41, 5.74) is 7.29. The van der Waals surface area contributed by atoms with Crippen molar-refractivity contribution in [2.75, 3.05) is 18.4 Å². The molecule has 1 saturated heterocycles. The zero-order chi connectivity index (χ0) is 18.8. The molecule has 1 aliphatic heterocycles. The van der Waals surface area contributed by atoms with Crippen LogP contribution in [0.15, 0.2) is 29.9 Å². The zero-order valence-corrected chi connectivity index (χ0v) is 15.3. The molecule has 1 aliphatic rings. The average molecular weight is 385 g/mol. The van der Waals surface area contributed by atoms with Crippen LogP contribution in [0, 0.1) is 0 Å². The molecule has 1 fully saturated rings. The number of thiazole rings is 1. The second kappa shape index (κ2) is 7.33. The third-order valence-corrected chi connectivity index (χ3v) is 5.21. The van der Waals surface area contributed by atoms with E-state index in [0.717, 1.165) is 31.5 Å². The van der Waals surface area contributed by atoms with Gasteiger partial charge in [0.1, 0.15) is 5.69 Å². The van der Waals surface area contributed by atoms with Gasteiger partial charge in [0, 0.05) is 29.9 Å². The summed E-state index contributed by atoms with van der Waals surface area (Å²) in [5, 5.41) is 12.8. The monoisotopic (exact) mass is 385 g/mol. The lowest BCUT2D eigenvalue weighted by Crippen LogP contribution is -2.32. The van der Waals surface area contributed by atoms with Gasteiger partial charge in [-0.05, 0) is 31.5 Å². The van der Waals surface area contributed by atoms with E-state index in [2.05, 4.69) is 25.7 Å². The molecule has 140 valence electrons. The number of aromatic amines is 1. The largest absolute Gasteiger partial charge is 0.364 e. The van der Waals surface area contributed by atoms with Gasteiger partial charge in [0.2, 0.25) is 0 Å². The van der Waals surface area contributed by atoms with Crippen molar-refractivity contribution in [3.05, 3.63) is 41.3 Å². The summed E-state index contributed by atoms with van der Waals surface area (Å²) in [6, 6.07) is 3.62. The van der Waals surface area contributed by atoms with E-state index in [0.29, 0.717) is 22.2 Å². The van der Waals surface area contributed by atoms with Gasteiger partial charge in [-0.1, -0.05) is 0 Å². The van der Waals surface area contributed by atoms with Gasteiger partial charge in [-0.15, -0.1) is 11.3 Å². The molecular formula is C17H19N7O2S. The fourth-order valence-electron chi connectivity index (χ4n) is 3.03. The number of carbonyl (C=O) groups is 2. The van der Waals surface area contributed by atoms with Gasteiger partial charge in [0.25, 0.3) is 11.8 Å². The summed E-state index contributed by atoms with van der Waals surface area (Å²) in [7, 11) is 0. The van der Waals surface area contributed by atoms with E-state index in [1.165, 1.54) is 11.3 Å². The molecule has 1 atom stereocenters. The number of primary amides is 1. The van der Waals surface area contributed by atoms with Crippen molar-refractivity contribution in [3.8, 4) is 11.3 Å². The molecule has 1 unspecified atom stereocenters. The number of nitrogens with two attached hydrogens (primary N) is 1. The quantitative estimate of drug-likeness (QED) is 0.530. The molecule has 0 spiro atoms. The van der Waals surface area contributed by atoms with Crippen LogP contribution in [0.5, 0.6) is 0 Å². The third-order valence-electron chi connectivity index (χ3n) is 4.45. The lowest BCUT2D eigenvalue weighted by Gasteiger charge is -2.22. The molecule has 27 heavy (non-hydrogen) atoms. The zero-order valence-electron chi connectivity index (χ0n) is 14.4. The average Bonchev–Trinajstić information content (AvgIpc) is 3.42. The van der Waals surface area contributed by atoms with Gasteiger partial charge in [0.05, 0.1) is 11.7 Å². The number of nitrogens with zero attached hydrogens (tertiary/aromatic N) is 3. The Balaban J connectivity index is 1.43. The minimum atomic E-state index is -0.534. The maximum Gasteiger partial charge on any atom is 0.277 e. The molecule has 10 heteroatoms. The van der Waals surface area contributed by atoms with Crippen LogP contribution in [0.1, 0.15) is 39.9 Å². The molecule has 0 aliphatic carbocycles. The first-order chi connectivity index (χ1) is 13.1. The van der Waals surface area contributed by atoms with E-state index in [4.69, 9.17) is 5.73 Å². The van der Waals surface area contributed by atoms with Crippen molar-refractivity contribution < 1.29 is 9.59 Å². The van der Waals surface area contributed by atoms with Crippen LogP contribution in [0.3, 0.4) is 0 Å². The second-order valence-electron chi connectivity index (χ2n) is 6.34. The van der Waals surface area contributed by atoms with Gasteiger partial charge in [-0.25, -0.2) is 4.98 Å². The molecule has 2 amide bonds. The number of H-pyrrole nitrogens is 1. The Bertz CT molecular complexity index is 968. The van der Waals surface area contributed by atoms with Crippen LogP contribution in [-0.4, -0.2) is 44.7 Å². The fourth-order valence-corrected chi connectivity index (χ4v) is 3.75. The number of piperidine rings is 1. The molecule has 9 nitrogen and oxygen atoms in total. The predicted molar refractivity (Wildman–Crippen MR) is 102 cm³/mol. The molecule has 4 heterocycles. The first kappa shape index (κ1) is 17.4. The predicted octanol–water partition coefficient (Wildman–Crippen LogP) is 1.61. The number of carbonyl (C=O) groups excluding carboxylic acids is 2. The summed E-state index contributed by atoms with van der Waals surface area (Å²) in [6.07, 6.45) is 5.64. The van der Waals surface area contributed by atoms with Crippen molar-refractivity contribution in [1.82, 2.24) is 25.1 Å². The molecule has 0 bridgehead atoms. The minimum Gasteiger partial charge on any atom is -0.364 e. The molecule has 5 N–H and O–H groups in total. The van der Waals surface area contributed by atoms with Gasteiger partial charge in [0.15, 0.2) is 10.8 Å². The molecule has 3 aromatic heterocycles. The number of rotatable bonds is 5. The van der Waals surface area contributed by atoms with Crippen LogP contribution in [-0.2, 0) is 0 Å². The molecule has 0 radical (unpaired) electrons. The smallest absolute Gasteiger partial charge is 0.277 e. The summed E-state index contributed by atoms with van der Waals surface area (Å²) in [5.74, 6) is -0.834. The Kier molecular flexibility index (Phi) is 4.73. The summed E-state index contributed by atoms with van der Waals surface area (Å²) in [4.78, 5) is 30.8. The Morgan fingerprint density at radius 1 is 1.41 bits per heavy atom. The number of anilines is 1. The SMILES string of the molecule is NC(=O)c1cc(-c2csc(NC(=O)c3ccn(C4CCCNC4)n3)n2)c[nH]1. The lowest BCUT2D eigenvalue weighted by molar-refractivity contribution is 0.0993. The minimum absolute atomic E-state index is 0.278. The number of amides is 2. The topological polar surface area (TPSA) is 131 Å². The molecule has 4 rings (SSSR count). The van der Waals surface area contributed by atoms with Crippen molar-refractivity contribution in [1.29, 1.82) is 0 Å². The Morgan fingerprint density at radius 2 is 2.30 bits per heavy atom. The number of hydrogen-bond acceptors (Lipinski definition) is 6. The fraction of sp³-hybridized carbons (Fsp3) is 0.294. The van der Waals surface area contributed by atoms with Crippen molar-refractivity contribution in [3.63, 3.8) is 0 Å². The van der Waals surface area contributed by atoms with E-state index in [1.54, 1.807) is 23.7 Å². The van der Waals surface area contributed by atoms with Crippen molar-refractivity contribution in [2.45, 2.75) is 18.9 Å². The van der Waals surface area contributed by atoms with Gasteiger partial charge >= 0.3 is 0 Å². The highest BCUT2D eigenvalue weighted by Crippen LogP contribution is 2.26. The van der Waals surface area contributed by atoms with Gasteiger partial charge in [-0.3, -0.25) is 19.6 Å². The molecular weight excluding hydrogens is 366 g/mol. The van der Waals surface area contributed by atoms with Crippen LogP contribution < -0.4 is 16.4 Å². The lowest BCUT2D eigenvalue weighted by atomic mass is 10.1. The summed E-state index contributed by atoms with van der Waals surface area (Å²) < 4.78 is 1.85. The number of nitrogens with one attached hydrogen (secondary N) is 3. The second-order valence-corrected chi connectivity index (χ2v) is 7.20. The first-order valence-corrected chi connectivity index (χ1v) is 9.49. The van der Waals surface area contributed by atoms with Crippen molar-refractivity contribution >= 4 is 28.3 Å². The highest BCUT2D eigenvalue weighted by Gasteiger charge is 2.18. The summed E-state index contributed by atoms with van der Waals surface area (Å²) in [6.45, 7) is 1.89. The normalized spacial score (nSPS) is 17.0. The third kappa shape index (κ3) is 3.76. The summed E-state index contributed by atoms with van der Waals surface area (Å²) >= 11 is 1.30. The van der Waals surface area contributed by atoms with Gasteiger partial charge in [-0.2, -0.15) is 5.10 Å². The van der Waals surface area contributed by atoms with E-state index in [9.17, 15) is 9.59 Å². The van der Waals surface area contributed by atoms with Crippen LogP contribution in [0.4, 0.5) is 5.13 Å². The van der Waals surface area contributed by atoms with E-state index in [-0.39, 0.29) is 11.9 Å². The Hall–Kier alpha value is -2.98. The Labute approximate surface area is 159 Å².